The Morgan fingerprint density at radius 3 is 1.83 bits per heavy atom. The highest BCUT2D eigenvalue weighted by Crippen LogP contribution is 2.26. The van der Waals surface area contributed by atoms with E-state index in [1.807, 2.05) is 17.8 Å². The average molecular weight is 415 g/mol. The molecule has 0 atom stereocenters. The van der Waals surface area contributed by atoms with Gasteiger partial charge in [-0.3, -0.25) is 4.68 Å². The highest BCUT2D eigenvalue weighted by atomic mass is 19.4. The van der Waals surface area contributed by atoms with Crippen LogP contribution in [0.5, 0.6) is 0 Å². The maximum atomic E-state index is 11.7. The second-order valence-corrected chi connectivity index (χ2v) is 5.87. The zero-order valence-electron chi connectivity index (χ0n) is 15.7. The summed E-state index contributed by atoms with van der Waals surface area (Å²) in [6.45, 7) is 6.49. The van der Waals surface area contributed by atoms with Gasteiger partial charge in [0.05, 0.1) is 6.33 Å². The molecule has 3 aromatic rings. The van der Waals surface area contributed by atoms with Crippen LogP contribution in [0, 0.1) is 13.8 Å². The summed E-state index contributed by atoms with van der Waals surface area (Å²) in [5.41, 5.74) is 3.37. The Bertz CT molecular complexity index is 776. The summed E-state index contributed by atoms with van der Waals surface area (Å²) in [5.74, 6) is 0. The third kappa shape index (κ3) is 11.8. The molecule has 0 N–H and O–H groups in total. The van der Waals surface area contributed by atoms with Crippen LogP contribution in [-0.4, -0.2) is 19.3 Å². The highest BCUT2D eigenvalue weighted by Gasteiger charge is 2.33. The fraction of sp³-hybridized carbons (Fsp3) is 0.455. The number of imidazole rings is 1. The molecule has 0 fully saturated rings. The maximum absolute atomic E-state index is 11.7. The highest BCUT2D eigenvalue weighted by molar-refractivity contribution is 5.29. The summed E-state index contributed by atoms with van der Waals surface area (Å²) in [6.07, 6.45) is 3.46. The van der Waals surface area contributed by atoms with Gasteiger partial charge in [-0.1, -0.05) is 47.4 Å². The molecule has 0 aliphatic carbocycles. The lowest BCUT2D eigenvalue weighted by atomic mass is 10.1. The van der Waals surface area contributed by atoms with Gasteiger partial charge in [0.25, 0.3) is 0 Å². The lowest BCUT2D eigenvalue weighted by molar-refractivity contribution is -0.141. The zero-order valence-corrected chi connectivity index (χ0v) is 15.7. The molecule has 0 bridgehead atoms. The number of rotatable bonds is 1. The average Bonchev–Trinajstić information content (AvgIpc) is 3.22. The Balaban J connectivity index is -0.000000342. The van der Waals surface area contributed by atoms with Gasteiger partial charge in [0, 0.05) is 32.7 Å². The van der Waals surface area contributed by atoms with Crippen molar-refractivity contribution in [3.05, 3.63) is 71.6 Å². The van der Waals surface area contributed by atoms with Crippen LogP contribution in [0.15, 0.2) is 49.2 Å². The third-order valence-corrected chi connectivity index (χ3v) is 3.62. The molecule has 2 heterocycles. The first-order chi connectivity index (χ1) is 12.1. The minimum absolute atomic E-state index is 0. The smallest absolute Gasteiger partial charge is 0.341 e. The summed E-state index contributed by atoms with van der Waals surface area (Å²) in [4.78, 5) is 3.78. The second-order valence-electron chi connectivity index (χ2n) is 5.87. The van der Waals surface area contributed by atoms with E-state index >= 15 is 0 Å². The minimum atomic E-state index is -4.32. The van der Waals surface area contributed by atoms with Gasteiger partial charge in [0.2, 0.25) is 0 Å². The van der Waals surface area contributed by atoms with E-state index in [-0.39, 0.29) is 22.3 Å². The molecular weight excluding hydrogens is 377 g/mol. The fourth-order valence-corrected chi connectivity index (χ4v) is 1.92. The van der Waals surface area contributed by atoms with Crippen molar-refractivity contribution in [1.82, 2.24) is 19.3 Å². The third-order valence-electron chi connectivity index (χ3n) is 3.62. The van der Waals surface area contributed by atoms with Crippen molar-refractivity contribution < 1.29 is 13.2 Å². The Labute approximate surface area is 174 Å². The molecule has 0 saturated carbocycles. The number of nitrogens with zero attached hydrogens (tertiary/aromatic N) is 4. The van der Waals surface area contributed by atoms with Gasteiger partial charge in [0.15, 0.2) is 5.69 Å². The number of benzene rings is 1. The van der Waals surface area contributed by atoms with Crippen molar-refractivity contribution in [2.75, 3.05) is 0 Å². The molecule has 0 aliphatic heterocycles. The predicted octanol–water partition coefficient (Wildman–Crippen LogP) is 6.63. The lowest BCUT2D eigenvalue weighted by Crippen LogP contribution is -2.06. The van der Waals surface area contributed by atoms with Crippen molar-refractivity contribution in [3.63, 3.8) is 0 Å². The summed E-state index contributed by atoms with van der Waals surface area (Å²) < 4.78 is 38.2. The quantitative estimate of drug-likeness (QED) is 0.448. The number of halogens is 3. The van der Waals surface area contributed by atoms with E-state index in [0.717, 1.165) is 17.2 Å². The molecule has 7 heteroatoms. The monoisotopic (exact) mass is 414 g/mol. The summed E-state index contributed by atoms with van der Waals surface area (Å²) >= 11 is 0. The molecule has 0 unspecified atom stereocenters. The Kier molecular flexibility index (Phi) is 15.5. The standard InChI is InChI=1S/C10H14.C5H5F3N2.C4H6N2.3CH4/c1-4-10-6-5-8(2)9(3)7-10;1-10-3-2-4(9-10)5(6,7)8;1-6-3-2-5-4-6;;;/h5-7H,4H2,1-3H3;2-3H,1H3;2-4H,1H3;3*1H4. The molecule has 166 valence electrons. The molecule has 0 spiro atoms. The first-order valence-electron chi connectivity index (χ1n) is 8.18. The molecular formula is C22H37F3N4. The second kappa shape index (κ2) is 14.4. The number of alkyl halides is 3. The summed E-state index contributed by atoms with van der Waals surface area (Å²) in [7, 11) is 3.38. The Hall–Kier alpha value is -2.57. The Morgan fingerprint density at radius 2 is 1.55 bits per heavy atom. The fourth-order valence-electron chi connectivity index (χ4n) is 1.92. The van der Waals surface area contributed by atoms with E-state index < -0.39 is 11.9 Å². The van der Waals surface area contributed by atoms with Crippen LogP contribution in [-0.2, 0) is 26.7 Å². The van der Waals surface area contributed by atoms with Crippen LogP contribution < -0.4 is 0 Å². The molecule has 1 aromatic carbocycles. The van der Waals surface area contributed by atoms with Crippen LogP contribution >= 0.6 is 0 Å². The predicted molar refractivity (Wildman–Crippen MR) is 117 cm³/mol. The van der Waals surface area contributed by atoms with Gasteiger partial charge in [-0.2, -0.15) is 18.3 Å². The molecule has 4 nitrogen and oxygen atoms in total. The van der Waals surface area contributed by atoms with Gasteiger partial charge in [-0.15, -0.1) is 0 Å². The summed E-state index contributed by atoms with van der Waals surface area (Å²) in [5, 5.41) is 3.17. The molecule has 29 heavy (non-hydrogen) atoms. The van der Waals surface area contributed by atoms with Crippen molar-refractivity contribution in [1.29, 1.82) is 0 Å². The summed E-state index contributed by atoms with van der Waals surface area (Å²) in [6, 6.07) is 7.58. The molecule has 0 aliphatic rings. The van der Waals surface area contributed by atoms with E-state index in [9.17, 15) is 13.2 Å². The molecule has 0 amide bonds. The topological polar surface area (TPSA) is 35.6 Å². The first-order valence-corrected chi connectivity index (χ1v) is 8.18. The van der Waals surface area contributed by atoms with Crippen LogP contribution in [0.3, 0.4) is 0 Å². The van der Waals surface area contributed by atoms with E-state index in [1.54, 1.807) is 12.5 Å². The molecule has 3 rings (SSSR count). The van der Waals surface area contributed by atoms with E-state index in [0.29, 0.717) is 0 Å². The van der Waals surface area contributed by atoms with Gasteiger partial charge >= 0.3 is 6.18 Å². The largest absolute Gasteiger partial charge is 0.435 e. The van der Waals surface area contributed by atoms with Gasteiger partial charge < -0.3 is 4.57 Å². The van der Waals surface area contributed by atoms with Crippen molar-refractivity contribution in [2.45, 2.75) is 55.6 Å². The zero-order chi connectivity index (χ0) is 19.7. The number of aryl methyl sites for hydroxylation is 5. The minimum Gasteiger partial charge on any atom is -0.341 e. The van der Waals surface area contributed by atoms with Crippen LogP contribution in [0.1, 0.15) is 51.6 Å². The van der Waals surface area contributed by atoms with Crippen LogP contribution in [0.25, 0.3) is 0 Å². The molecule has 0 saturated heterocycles. The van der Waals surface area contributed by atoms with Crippen LogP contribution in [0.2, 0.25) is 0 Å². The normalized spacial score (nSPS) is 9.38. The van der Waals surface area contributed by atoms with E-state index in [2.05, 4.69) is 49.1 Å². The number of aromatic nitrogens is 4. The Morgan fingerprint density at radius 1 is 0.931 bits per heavy atom. The van der Waals surface area contributed by atoms with E-state index in [1.165, 1.54) is 29.9 Å². The van der Waals surface area contributed by atoms with E-state index in [4.69, 9.17) is 0 Å². The molecule has 0 radical (unpaired) electrons. The van der Waals surface area contributed by atoms with Crippen molar-refractivity contribution in [2.24, 2.45) is 14.1 Å². The van der Waals surface area contributed by atoms with Crippen molar-refractivity contribution in [3.8, 4) is 0 Å². The number of hydrogen-bond acceptors (Lipinski definition) is 2. The van der Waals surface area contributed by atoms with Crippen molar-refractivity contribution >= 4 is 0 Å². The maximum Gasteiger partial charge on any atom is 0.435 e. The van der Waals surface area contributed by atoms with Gasteiger partial charge in [-0.05, 0) is 43.0 Å². The van der Waals surface area contributed by atoms with Gasteiger partial charge in [-0.25, -0.2) is 4.98 Å². The lowest BCUT2D eigenvalue weighted by Gasteiger charge is -2.01. The van der Waals surface area contributed by atoms with Crippen LogP contribution in [0.4, 0.5) is 13.2 Å². The molecule has 2 aromatic heterocycles. The first kappa shape index (κ1) is 31.1. The van der Waals surface area contributed by atoms with Gasteiger partial charge in [0.1, 0.15) is 0 Å². The SMILES string of the molecule is C.C.C.CCc1ccc(C)c(C)c1.Cn1ccc(C(F)(F)F)n1.Cn1ccnc1. The number of hydrogen-bond donors (Lipinski definition) is 0.